The molecule has 0 saturated carbocycles. The second-order valence-corrected chi connectivity index (χ2v) is 9.53. The fourth-order valence-electron chi connectivity index (χ4n) is 5.02. The lowest BCUT2D eigenvalue weighted by molar-refractivity contribution is -0.134. The normalized spacial score (nSPS) is 19.2. The number of likely N-dealkylation sites (tertiary alicyclic amines) is 1. The predicted octanol–water partition coefficient (Wildman–Crippen LogP) is 3.16. The summed E-state index contributed by atoms with van der Waals surface area (Å²) in [5, 5.41) is 12.9. The predicted molar refractivity (Wildman–Crippen MR) is 131 cm³/mol. The molecule has 1 spiro atoms. The molecule has 2 aromatic carbocycles. The molecule has 1 atom stereocenters. The zero-order valence-corrected chi connectivity index (χ0v) is 20.7. The third-order valence-electron chi connectivity index (χ3n) is 7.01. The van der Waals surface area contributed by atoms with Crippen LogP contribution in [0.5, 0.6) is 11.5 Å². The largest absolute Gasteiger partial charge is 0.497 e. The molecule has 1 unspecified atom stereocenters. The molecule has 0 radical (unpaired) electrons. The van der Waals surface area contributed by atoms with Gasteiger partial charge >= 0.3 is 0 Å². The second kappa shape index (κ2) is 9.96. The highest BCUT2D eigenvalue weighted by Gasteiger charge is 2.52. The van der Waals surface area contributed by atoms with E-state index in [0.29, 0.717) is 55.1 Å². The van der Waals surface area contributed by atoms with Crippen LogP contribution in [-0.2, 0) is 11.3 Å². The van der Waals surface area contributed by atoms with E-state index in [4.69, 9.17) is 9.47 Å². The topological polar surface area (TPSA) is 94.9 Å². The Balaban J connectivity index is 1.55. The van der Waals surface area contributed by atoms with Crippen molar-refractivity contribution in [3.63, 3.8) is 0 Å². The van der Waals surface area contributed by atoms with E-state index in [9.17, 15) is 14.9 Å². The maximum Gasteiger partial charge on any atom is 0.254 e. The molecule has 2 amide bonds. The number of ether oxygens (including phenoxy) is 2. The summed E-state index contributed by atoms with van der Waals surface area (Å²) in [6.07, 6.45) is 1.24. The zero-order chi connectivity index (χ0) is 25.2. The van der Waals surface area contributed by atoms with Gasteiger partial charge in [-0.1, -0.05) is 26.0 Å². The Morgan fingerprint density at radius 3 is 2.37 bits per heavy atom. The van der Waals surface area contributed by atoms with Crippen molar-refractivity contribution in [3.8, 4) is 17.6 Å². The summed E-state index contributed by atoms with van der Waals surface area (Å²) in [5.41, 5.74) is 1.48. The third kappa shape index (κ3) is 4.82. The van der Waals surface area contributed by atoms with Crippen molar-refractivity contribution in [3.05, 3.63) is 59.2 Å². The number of amides is 2. The third-order valence-corrected chi connectivity index (χ3v) is 7.01. The van der Waals surface area contributed by atoms with Gasteiger partial charge in [-0.25, -0.2) is 0 Å². The fraction of sp³-hybridized carbons (Fsp3) is 0.444. The number of methoxy groups -OCH3 is 2. The summed E-state index contributed by atoms with van der Waals surface area (Å²) in [6.45, 7) is 5.53. The first-order valence-electron chi connectivity index (χ1n) is 11.9. The highest BCUT2D eigenvalue weighted by molar-refractivity contribution is 5.95. The van der Waals surface area contributed by atoms with Gasteiger partial charge in [0.2, 0.25) is 5.91 Å². The number of carbonyl (C=O) groups excluding carboxylic acids is 2. The van der Waals surface area contributed by atoms with Crippen molar-refractivity contribution in [2.24, 2.45) is 5.92 Å². The standard InChI is InChI=1S/C27H32N4O4/c1-18(2)24-26(33)31(17-20-7-5-6-19(12-20)16-28)27(29-24)8-10-30(11-9-27)25(32)21-13-22(34-3)15-23(14-21)35-4/h5-7,12-15,18,24,29H,8-11,17H2,1-4H3. The summed E-state index contributed by atoms with van der Waals surface area (Å²) >= 11 is 0. The fourth-order valence-corrected chi connectivity index (χ4v) is 5.02. The van der Waals surface area contributed by atoms with Crippen LogP contribution in [0.2, 0.25) is 0 Å². The van der Waals surface area contributed by atoms with Crippen LogP contribution in [0, 0.1) is 17.2 Å². The molecule has 8 nitrogen and oxygen atoms in total. The van der Waals surface area contributed by atoms with Crippen LogP contribution < -0.4 is 14.8 Å². The van der Waals surface area contributed by atoms with Crippen molar-refractivity contribution >= 4 is 11.8 Å². The molecule has 1 N–H and O–H groups in total. The maximum atomic E-state index is 13.4. The summed E-state index contributed by atoms with van der Waals surface area (Å²) in [6, 6.07) is 14.4. The summed E-state index contributed by atoms with van der Waals surface area (Å²) in [5.74, 6) is 1.25. The van der Waals surface area contributed by atoms with Crippen molar-refractivity contribution < 1.29 is 19.1 Å². The lowest BCUT2D eigenvalue weighted by Crippen LogP contribution is -2.59. The Morgan fingerprint density at radius 1 is 1.14 bits per heavy atom. The van der Waals surface area contributed by atoms with Gasteiger partial charge in [0, 0.05) is 44.1 Å². The molecule has 2 saturated heterocycles. The SMILES string of the molecule is COc1cc(OC)cc(C(=O)N2CCC3(CC2)NC(C(C)C)C(=O)N3Cc2cccc(C#N)c2)c1. The van der Waals surface area contributed by atoms with E-state index in [1.807, 2.05) is 41.8 Å². The van der Waals surface area contributed by atoms with E-state index < -0.39 is 5.66 Å². The van der Waals surface area contributed by atoms with Crippen LogP contribution in [0.1, 0.15) is 48.2 Å². The first kappa shape index (κ1) is 24.6. The maximum absolute atomic E-state index is 13.4. The van der Waals surface area contributed by atoms with Gasteiger partial charge in [0.05, 0.1) is 37.6 Å². The zero-order valence-electron chi connectivity index (χ0n) is 20.7. The van der Waals surface area contributed by atoms with Crippen LogP contribution >= 0.6 is 0 Å². The monoisotopic (exact) mass is 476 g/mol. The Kier molecular flexibility index (Phi) is 6.99. The van der Waals surface area contributed by atoms with E-state index in [1.54, 1.807) is 38.5 Å². The Hall–Kier alpha value is -3.57. The van der Waals surface area contributed by atoms with E-state index in [0.717, 1.165) is 5.56 Å². The summed E-state index contributed by atoms with van der Waals surface area (Å²) in [4.78, 5) is 30.5. The number of nitriles is 1. The average Bonchev–Trinajstić information content (AvgIpc) is 3.15. The van der Waals surface area contributed by atoms with E-state index in [-0.39, 0.29) is 23.8 Å². The van der Waals surface area contributed by atoms with E-state index >= 15 is 0 Å². The molecule has 4 rings (SSSR count). The number of nitrogens with one attached hydrogen (secondary N) is 1. The van der Waals surface area contributed by atoms with Crippen molar-refractivity contribution in [1.29, 1.82) is 5.26 Å². The Labute approximate surface area is 206 Å². The van der Waals surface area contributed by atoms with Gasteiger partial charge in [-0.3, -0.25) is 14.9 Å². The molecule has 2 heterocycles. The lowest BCUT2D eigenvalue weighted by Gasteiger charge is -2.45. The number of hydrogen-bond donors (Lipinski definition) is 1. The van der Waals surface area contributed by atoms with Crippen molar-refractivity contribution in [2.75, 3.05) is 27.3 Å². The van der Waals surface area contributed by atoms with Gasteiger partial charge in [0.15, 0.2) is 0 Å². The minimum absolute atomic E-state index is 0.0691. The molecule has 2 aromatic rings. The molecule has 35 heavy (non-hydrogen) atoms. The molecule has 184 valence electrons. The Bertz CT molecular complexity index is 1130. The first-order valence-corrected chi connectivity index (χ1v) is 11.9. The molecule has 0 bridgehead atoms. The summed E-state index contributed by atoms with van der Waals surface area (Å²) < 4.78 is 10.6. The minimum atomic E-state index is -0.530. The van der Waals surface area contributed by atoms with Gasteiger partial charge < -0.3 is 19.3 Å². The van der Waals surface area contributed by atoms with Crippen LogP contribution in [-0.4, -0.2) is 60.6 Å². The van der Waals surface area contributed by atoms with Crippen LogP contribution in [0.3, 0.4) is 0 Å². The van der Waals surface area contributed by atoms with Gasteiger partial charge in [-0.05, 0) is 35.7 Å². The number of rotatable bonds is 6. The van der Waals surface area contributed by atoms with E-state index in [1.165, 1.54) is 0 Å². The molecule has 2 fully saturated rings. The summed E-state index contributed by atoms with van der Waals surface area (Å²) in [7, 11) is 3.12. The smallest absolute Gasteiger partial charge is 0.254 e. The van der Waals surface area contributed by atoms with E-state index in [2.05, 4.69) is 11.4 Å². The molecule has 8 heteroatoms. The molecule has 0 aromatic heterocycles. The highest BCUT2D eigenvalue weighted by Crippen LogP contribution is 2.36. The average molecular weight is 477 g/mol. The quantitative estimate of drug-likeness (QED) is 0.688. The molecular formula is C27H32N4O4. The number of carbonyl (C=O) groups is 2. The Morgan fingerprint density at radius 2 is 1.80 bits per heavy atom. The van der Waals surface area contributed by atoms with Gasteiger partial charge in [-0.15, -0.1) is 0 Å². The number of hydrogen-bond acceptors (Lipinski definition) is 6. The van der Waals surface area contributed by atoms with Gasteiger partial charge in [0.1, 0.15) is 11.5 Å². The van der Waals surface area contributed by atoms with Gasteiger partial charge in [0.25, 0.3) is 5.91 Å². The molecular weight excluding hydrogens is 444 g/mol. The molecule has 2 aliphatic rings. The second-order valence-electron chi connectivity index (χ2n) is 9.53. The number of piperidine rings is 1. The van der Waals surface area contributed by atoms with Gasteiger partial charge in [-0.2, -0.15) is 5.26 Å². The first-order chi connectivity index (χ1) is 16.8. The highest BCUT2D eigenvalue weighted by atomic mass is 16.5. The van der Waals surface area contributed by atoms with Crippen LogP contribution in [0.25, 0.3) is 0 Å². The molecule has 0 aliphatic carbocycles. The van der Waals surface area contributed by atoms with Crippen LogP contribution in [0.4, 0.5) is 0 Å². The number of nitrogens with zero attached hydrogens (tertiary/aromatic N) is 3. The van der Waals surface area contributed by atoms with Crippen LogP contribution in [0.15, 0.2) is 42.5 Å². The molecule has 2 aliphatic heterocycles. The minimum Gasteiger partial charge on any atom is -0.497 e. The van der Waals surface area contributed by atoms with Crippen molar-refractivity contribution in [2.45, 2.75) is 44.9 Å². The lowest BCUT2D eigenvalue weighted by atomic mass is 9.94. The number of benzene rings is 2. The van der Waals surface area contributed by atoms with Crippen molar-refractivity contribution in [1.82, 2.24) is 15.1 Å².